The lowest BCUT2D eigenvalue weighted by Crippen LogP contribution is -2.39. The number of hydrazine groups is 1. The van der Waals surface area contributed by atoms with Crippen LogP contribution in [-0.2, 0) is 4.79 Å². The molecule has 130 valence electrons. The van der Waals surface area contributed by atoms with Crippen molar-refractivity contribution in [1.29, 1.82) is 0 Å². The molecule has 1 heterocycles. The van der Waals surface area contributed by atoms with Crippen LogP contribution in [0, 0.1) is 0 Å². The summed E-state index contributed by atoms with van der Waals surface area (Å²) in [6.07, 6.45) is 1.66. The molecule has 0 atom stereocenters. The van der Waals surface area contributed by atoms with E-state index in [-0.39, 0.29) is 12.5 Å². The number of para-hydroxylation sites is 1. The number of hydrogen-bond acceptors (Lipinski definition) is 4. The van der Waals surface area contributed by atoms with Crippen LogP contribution in [0.3, 0.4) is 0 Å². The fraction of sp³-hybridized carbons (Fsp3) is 0.0476. The van der Waals surface area contributed by atoms with E-state index in [0.29, 0.717) is 17.1 Å². The molecule has 2 aromatic carbocycles. The van der Waals surface area contributed by atoms with Gasteiger partial charge in [0.25, 0.3) is 5.91 Å². The van der Waals surface area contributed by atoms with Crippen LogP contribution in [0.5, 0.6) is 5.75 Å². The lowest BCUT2D eigenvalue weighted by Gasteiger charge is -2.13. The smallest absolute Gasteiger partial charge is 0.276 e. The number of aromatic nitrogens is 1. The van der Waals surface area contributed by atoms with Gasteiger partial charge in [0.1, 0.15) is 5.75 Å². The zero-order valence-electron chi connectivity index (χ0n) is 14.2. The van der Waals surface area contributed by atoms with Crippen LogP contribution in [0.15, 0.2) is 85.6 Å². The van der Waals surface area contributed by atoms with Crippen molar-refractivity contribution in [3.05, 3.63) is 91.3 Å². The third-order valence-corrected chi connectivity index (χ3v) is 3.66. The zero-order chi connectivity index (χ0) is 18.2. The molecule has 0 aliphatic carbocycles. The summed E-state index contributed by atoms with van der Waals surface area (Å²) in [5.41, 5.74) is 8.43. The third-order valence-electron chi connectivity index (χ3n) is 3.66. The molecule has 26 heavy (non-hydrogen) atoms. The number of benzene rings is 2. The number of carbonyl (C=O) groups excluding carboxylic acids is 1. The summed E-state index contributed by atoms with van der Waals surface area (Å²) in [6.45, 7) is 3.72. The molecule has 3 rings (SSSR count). The number of hydrogen-bond donors (Lipinski definition) is 2. The zero-order valence-corrected chi connectivity index (χ0v) is 14.2. The Labute approximate surface area is 152 Å². The van der Waals surface area contributed by atoms with Gasteiger partial charge >= 0.3 is 0 Å². The fourth-order valence-corrected chi connectivity index (χ4v) is 2.38. The number of nitrogens with one attached hydrogen (secondary N) is 2. The molecule has 0 aliphatic heterocycles. The molecule has 0 saturated heterocycles. The average molecular weight is 345 g/mol. The van der Waals surface area contributed by atoms with Crippen molar-refractivity contribution in [2.45, 2.75) is 0 Å². The maximum atomic E-state index is 12.0. The first kappa shape index (κ1) is 17.2. The van der Waals surface area contributed by atoms with E-state index in [2.05, 4.69) is 22.4 Å². The molecule has 1 amide bonds. The number of rotatable bonds is 7. The molecule has 0 bridgehead atoms. The third kappa shape index (κ3) is 4.48. The Morgan fingerprint density at radius 3 is 2.42 bits per heavy atom. The predicted molar refractivity (Wildman–Crippen MR) is 102 cm³/mol. The maximum Gasteiger partial charge on any atom is 0.276 e. The highest BCUT2D eigenvalue weighted by atomic mass is 16.5. The second-order valence-electron chi connectivity index (χ2n) is 5.52. The van der Waals surface area contributed by atoms with E-state index in [0.717, 1.165) is 11.1 Å². The molecule has 0 radical (unpaired) electrons. The number of pyridine rings is 1. The van der Waals surface area contributed by atoms with Gasteiger partial charge < -0.3 is 4.74 Å². The lowest BCUT2D eigenvalue weighted by molar-refractivity contribution is -0.123. The van der Waals surface area contributed by atoms with Crippen LogP contribution < -0.4 is 15.6 Å². The van der Waals surface area contributed by atoms with Gasteiger partial charge in [0.05, 0.1) is 11.4 Å². The minimum Gasteiger partial charge on any atom is -0.483 e. The van der Waals surface area contributed by atoms with Gasteiger partial charge in [-0.3, -0.25) is 20.6 Å². The minimum absolute atomic E-state index is 0.119. The Morgan fingerprint density at radius 1 is 0.923 bits per heavy atom. The molecule has 3 aromatic rings. The summed E-state index contributed by atoms with van der Waals surface area (Å²) >= 11 is 0. The Kier molecular flexibility index (Phi) is 5.62. The van der Waals surface area contributed by atoms with E-state index < -0.39 is 0 Å². The van der Waals surface area contributed by atoms with Gasteiger partial charge in [-0.05, 0) is 23.8 Å². The Morgan fingerprint density at radius 2 is 1.65 bits per heavy atom. The minimum atomic E-state index is -0.315. The quantitative estimate of drug-likeness (QED) is 0.644. The van der Waals surface area contributed by atoms with E-state index in [9.17, 15) is 4.79 Å². The van der Waals surface area contributed by atoms with Gasteiger partial charge in [0.2, 0.25) is 0 Å². The first-order valence-corrected chi connectivity index (χ1v) is 8.16. The standard InChI is InChI=1S/C21H19N3O2/c1-16(19-12-7-8-14-22-19)23-24-21(25)15-26-20-13-6-5-11-18(20)17-9-3-2-4-10-17/h2-14,23H,1,15H2,(H,24,25). The van der Waals surface area contributed by atoms with Gasteiger partial charge in [-0.25, -0.2) is 0 Å². The van der Waals surface area contributed by atoms with Gasteiger partial charge in [-0.2, -0.15) is 0 Å². The van der Waals surface area contributed by atoms with E-state index in [1.54, 1.807) is 12.3 Å². The summed E-state index contributed by atoms with van der Waals surface area (Å²) in [7, 11) is 0. The van der Waals surface area contributed by atoms with Crippen LogP contribution >= 0.6 is 0 Å². The highest BCUT2D eigenvalue weighted by Crippen LogP contribution is 2.29. The molecular weight excluding hydrogens is 326 g/mol. The normalized spacial score (nSPS) is 10.0. The first-order chi connectivity index (χ1) is 12.7. The van der Waals surface area contributed by atoms with Crippen LogP contribution in [0.1, 0.15) is 5.69 Å². The SMILES string of the molecule is C=C(NNC(=O)COc1ccccc1-c1ccccc1)c1ccccn1. The Balaban J connectivity index is 1.56. The van der Waals surface area contributed by atoms with Crippen molar-refractivity contribution in [3.63, 3.8) is 0 Å². The molecule has 0 fully saturated rings. The van der Waals surface area contributed by atoms with Crippen molar-refractivity contribution in [2.75, 3.05) is 6.61 Å². The fourth-order valence-electron chi connectivity index (χ4n) is 2.38. The van der Waals surface area contributed by atoms with Crippen LogP contribution in [0.4, 0.5) is 0 Å². The molecule has 5 nitrogen and oxygen atoms in total. The number of carbonyl (C=O) groups is 1. The van der Waals surface area contributed by atoms with Gasteiger partial charge in [-0.1, -0.05) is 61.2 Å². The Hall–Kier alpha value is -3.60. The summed E-state index contributed by atoms with van der Waals surface area (Å²) in [5.74, 6) is 0.336. The van der Waals surface area contributed by atoms with Crippen molar-refractivity contribution >= 4 is 11.6 Å². The van der Waals surface area contributed by atoms with Gasteiger partial charge in [-0.15, -0.1) is 0 Å². The molecule has 0 spiro atoms. The number of amides is 1. The van der Waals surface area contributed by atoms with Crippen molar-refractivity contribution in [1.82, 2.24) is 15.8 Å². The number of ether oxygens (including phenoxy) is 1. The summed E-state index contributed by atoms with van der Waals surface area (Å²) in [6, 6.07) is 23.0. The van der Waals surface area contributed by atoms with Crippen LogP contribution in [-0.4, -0.2) is 17.5 Å². The van der Waals surface area contributed by atoms with E-state index in [4.69, 9.17) is 4.74 Å². The highest BCUT2D eigenvalue weighted by Gasteiger charge is 2.08. The molecular formula is C21H19N3O2. The second kappa shape index (κ2) is 8.48. The van der Waals surface area contributed by atoms with Gasteiger partial charge in [0, 0.05) is 11.8 Å². The summed E-state index contributed by atoms with van der Waals surface area (Å²) < 4.78 is 5.69. The average Bonchev–Trinajstić information content (AvgIpc) is 2.72. The van der Waals surface area contributed by atoms with Crippen molar-refractivity contribution < 1.29 is 9.53 Å². The molecule has 0 saturated carbocycles. The summed E-state index contributed by atoms with van der Waals surface area (Å²) in [5, 5.41) is 0. The van der Waals surface area contributed by atoms with E-state index in [1.807, 2.05) is 66.7 Å². The predicted octanol–water partition coefficient (Wildman–Crippen LogP) is 3.42. The molecule has 0 aliphatic rings. The van der Waals surface area contributed by atoms with Crippen molar-refractivity contribution in [3.8, 4) is 16.9 Å². The molecule has 2 N–H and O–H groups in total. The first-order valence-electron chi connectivity index (χ1n) is 8.16. The monoisotopic (exact) mass is 345 g/mol. The van der Waals surface area contributed by atoms with Crippen LogP contribution in [0.25, 0.3) is 16.8 Å². The van der Waals surface area contributed by atoms with E-state index >= 15 is 0 Å². The Bertz CT molecular complexity index is 880. The maximum absolute atomic E-state index is 12.0. The van der Waals surface area contributed by atoms with Crippen LogP contribution in [0.2, 0.25) is 0 Å². The highest BCUT2D eigenvalue weighted by molar-refractivity contribution is 5.79. The lowest BCUT2D eigenvalue weighted by atomic mass is 10.1. The largest absolute Gasteiger partial charge is 0.483 e. The van der Waals surface area contributed by atoms with Gasteiger partial charge in [0.15, 0.2) is 6.61 Å². The molecule has 1 aromatic heterocycles. The number of nitrogens with zero attached hydrogens (tertiary/aromatic N) is 1. The van der Waals surface area contributed by atoms with Crippen molar-refractivity contribution in [2.24, 2.45) is 0 Å². The second-order valence-corrected chi connectivity index (χ2v) is 5.52. The summed E-state index contributed by atoms with van der Waals surface area (Å²) in [4.78, 5) is 16.2. The van der Waals surface area contributed by atoms with E-state index in [1.165, 1.54) is 0 Å². The topological polar surface area (TPSA) is 63.2 Å². The molecule has 5 heteroatoms. The molecule has 0 unspecified atom stereocenters.